The maximum absolute atomic E-state index is 12.2. The van der Waals surface area contributed by atoms with Gasteiger partial charge in [-0.15, -0.1) is 0 Å². The Morgan fingerprint density at radius 3 is 2.64 bits per heavy atom. The normalized spacial score (nSPS) is 11.0. The number of methoxy groups -OCH3 is 1. The Bertz CT molecular complexity index is 788. The van der Waals surface area contributed by atoms with E-state index in [-0.39, 0.29) is 12.0 Å². The lowest BCUT2D eigenvalue weighted by Gasteiger charge is -2.15. The van der Waals surface area contributed by atoms with Gasteiger partial charge in [0, 0.05) is 5.56 Å². The quantitative estimate of drug-likeness (QED) is 0.407. The highest BCUT2D eigenvalue weighted by atomic mass is 127. The van der Waals surface area contributed by atoms with Crippen LogP contribution >= 0.6 is 22.6 Å². The zero-order valence-corrected chi connectivity index (χ0v) is 16.8. The lowest BCUT2D eigenvalue weighted by atomic mass is 10.1. The molecule has 0 bridgehead atoms. The fourth-order valence-electron chi connectivity index (χ4n) is 2.22. The predicted molar refractivity (Wildman–Crippen MR) is 108 cm³/mol. The minimum absolute atomic E-state index is 0.0512. The molecule has 0 aliphatic carbocycles. The molecule has 2 rings (SSSR count). The molecule has 2 aromatic carbocycles. The van der Waals surface area contributed by atoms with Crippen LogP contribution in [0.15, 0.2) is 41.5 Å². The number of hydrogen-bond acceptors (Lipinski definition) is 4. The SMILES string of the molecule is COc1cc(/C=N\NC(=O)c2ccccc2C)cc(I)c1OC(C)C. The molecular weight excluding hydrogens is 431 g/mol. The van der Waals surface area contributed by atoms with Gasteiger partial charge in [0.1, 0.15) is 0 Å². The van der Waals surface area contributed by atoms with Crippen LogP contribution in [0, 0.1) is 10.5 Å². The van der Waals surface area contributed by atoms with Crippen LogP contribution in [-0.2, 0) is 0 Å². The maximum atomic E-state index is 12.2. The molecule has 6 heteroatoms. The van der Waals surface area contributed by atoms with Crippen molar-refractivity contribution in [2.24, 2.45) is 5.10 Å². The number of hydrazone groups is 1. The van der Waals surface area contributed by atoms with Crippen molar-refractivity contribution in [1.29, 1.82) is 0 Å². The number of nitrogens with one attached hydrogen (secondary N) is 1. The van der Waals surface area contributed by atoms with Gasteiger partial charge in [-0.25, -0.2) is 5.43 Å². The summed E-state index contributed by atoms with van der Waals surface area (Å²) in [7, 11) is 1.60. The molecule has 0 saturated heterocycles. The van der Waals surface area contributed by atoms with E-state index in [9.17, 15) is 4.79 Å². The van der Waals surface area contributed by atoms with Crippen LogP contribution in [-0.4, -0.2) is 25.3 Å². The second-order valence-corrected chi connectivity index (χ2v) is 6.88. The van der Waals surface area contributed by atoms with Crippen LogP contribution in [0.5, 0.6) is 11.5 Å². The number of ether oxygens (including phenoxy) is 2. The first-order valence-corrected chi connectivity index (χ1v) is 8.93. The summed E-state index contributed by atoms with van der Waals surface area (Å²) in [6, 6.07) is 11.1. The molecule has 0 saturated carbocycles. The minimum Gasteiger partial charge on any atom is -0.493 e. The third-order valence-corrected chi connectivity index (χ3v) is 4.18. The Hall–Kier alpha value is -2.09. The molecule has 0 heterocycles. The van der Waals surface area contributed by atoms with Crippen molar-refractivity contribution in [3.63, 3.8) is 0 Å². The Labute approximate surface area is 161 Å². The van der Waals surface area contributed by atoms with Crippen molar-refractivity contribution in [3.8, 4) is 11.5 Å². The van der Waals surface area contributed by atoms with Gasteiger partial charge in [-0.1, -0.05) is 18.2 Å². The molecule has 0 fully saturated rings. The van der Waals surface area contributed by atoms with Gasteiger partial charge < -0.3 is 9.47 Å². The molecule has 0 atom stereocenters. The average molecular weight is 452 g/mol. The zero-order valence-electron chi connectivity index (χ0n) is 14.7. The van der Waals surface area contributed by atoms with Gasteiger partial charge in [0.2, 0.25) is 0 Å². The first-order valence-electron chi connectivity index (χ1n) is 7.85. The highest BCUT2D eigenvalue weighted by molar-refractivity contribution is 14.1. The van der Waals surface area contributed by atoms with Gasteiger partial charge in [0.25, 0.3) is 5.91 Å². The highest BCUT2D eigenvalue weighted by Crippen LogP contribution is 2.34. The summed E-state index contributed by atoms with van der Waals surface area (Å²) in [5.41, 5.74) is 4.86. The molecule has 0 aromatic heterocycles. The summed E-state index contributed by atoms with van der Waals surface area (Å²) in [5.74, 6) is 1.10. The predicted octanol–water partition coefficient (Wildman–Crippen LogP) is 4.16. The summed E-state index contributed by atoms with van der Waals surface area (Å²) < 4.78 is 12.1. The molecule has 0 spiro atoms. The zero-order chi connectivity index (χ0) is 18.4. The van der Waals surface area contributed by atoms with Gasteiger partial charge in [-0.3, -0.25) is 4.79 Å². The van der Waals surface area contributed by atoms with Crippen molar-refractivity contribution in [2.75, 3.05) is 7.11 Å². The largest absolute Gasteiger partial charge is 0.493 e. The Morgan fingerprint density at radius 2 is 2.00 bits per heavy atom. The number of carbonyl (C=O) groups is 1. The summed E-state index contributed by atoms with van der Waals surface area (Å²) in [6.07, 6.45) is 1.63. The van der Waals surface area contributed by atoms with Crippen molar-refractivity contribution < 1.29 is 14.3 Å². The fraction of sp³-hybridized carbons (Fsp3) is 0.263. The van der Waals surface area contributed by atoms with Crippen molar-refractivity contribution in [1.82, 2.24) is 5.43 Å². The average Bonchev–Trinajstić information content (AvgIpc) is 2.57. The van der Waals surface area contributed by atoms with E-state index in [1.807, 2.05) is 51.1 Å². The summed E-state index contributed by atoms with van der Waals surface area (Å²) >= 11 is 2.19. The molecule has 2 aromatic rings. The first kappa shape index (κ1) is 19.2. The van der Waals surface area contributed by atoms with E-state index < -0.39 is 0 Å². The minimum atomic E-state index is -0.240. The third-order valence-electron chi connectivity index (χ3n) is 3.37. The van der Waals surface area contributed by atoms with E-state index in [0.717, 1.165) is 14.7 Å². The Balaban J connectivity index is 2.14. The van der Waals surface area contributed by atoms with Gasteiger partial charge in [0.05, 0.1) is 23.0 Å². The van der Waals surface area contributed by atoms with Crippen molar-refractivity contribution in [3.05, 3.63) is 56.7 Å². The highest BCUT2D eigenvalue weighted by Gasteiger charge is 2.12. The number of aryl methyl sites for hydroxylation is 1. The summed E-state index contributed by atoms with van der Waals surface area (Å²) in [5, 5.41) is 4.04. The van der Waals surface area contributed by atoms with Crippen molar-refractivity contribution >= 4 is 34.7 Å². The van der Waals surface area contributed by atoms with Gasteiger partial charge in [-0.05, 0) is 72.7 Å². The van der Waals surface area contributed by atoms with Gasteiger partial charge in [-0.2, -0.15) is 5.10 Å². The monoisotopic (exact) mass is 452 g/mol. The Morgan fingerprint density at radius 1 is 1.28 bits per heavy atom. The molecule has 0 unspecified atom stereocenters. The molecule has 0 aliphatic heterocycles. The number of amides is 1. The van der Waals surface area contributed by atoms with Crippen molar-refractivity contribution in [2.45, 2.75) is 26.9 Å². The van der Waals surface area contributed by atoms with E-state index in [4.69, 9.17) is 9.47 Å². The number of halogens is 1. The first-order chi connectivity index (χ1) is 11.9. The summed E-state index contributed by atoms with van der Waals surface area (Å²) in [4.78, 5) is 12.2. The molecule has 5 nitrogen and oxygen atoms in total. The smallest absolute Gasteiger partial charge is 0.271 e. The Kier molecular flexibility index (Phi) is 6.81. The van der Waals surface area contributed by atoms with Gasteiger partial charge in [0.15, 0.2) is 11.5 Å². The maximum Gasteiger partial charge on any atom is 0.271 e. The van der Waals surface area contributed by atoms with E-state index in [1.54, 1.807) is 19.4 Å². The summed E-state index contributed by atoms with van der Waals surface area (Å²) in [6.45, 7) is 5.82. The number of carbonyl (C=O) groups excluding carboxylic acids is 1. The van der Waals surface area contributed by atoms with Crippen LogP contribution in [0.2, 0.25) is 0 Å². The second kappa shape index (κ2) is 8.84. The van der Waals surface area contributed by atoms with Crippen LogP contribution < -0.4 is 14.9 Å². The molecule has 132 valence electrons. The molecule has 25 heavy (non-hydrogen) atoms. The van der Waals surface area contributed by atoms with E-state index in [2.05, 4.69) is 33.1 Å². The van der Waals surface area contributed by atoms with Gasteiger partial charge >= 0.3 is 0 Å². The molecule has 0 aliphatic rings. The molecule has 1 amide bonds. The van der Waals surface area contributed by atoms with Crippen LogP contribution in [0.4, 0.5) is 0 Å². The number of hydrogen-bond donors (Lipinski definition) is 1. The second-order valence-electron chi connectivity index (χ2n) is 5.71. The van der Waals surface area contributed by atoms with E-state index >= 15 is 0 Å². The van der Waals surface area contributed by atoms with Crippen LogP contribution in [0.3, 0.4) is 0 Å². The molecule has 1 N–H and O–H groups in total. The van der Waals surface area contributed by atoms with Crippen LogP contribution in [0.1, 0.15) is 35.3 Å². The lowest BCUT2D eigenvalue weighted by molar-refractivity contribution is 0.0954. The number of rotatable bonds is 6. The number of benzene rings is 2. The van der Waals surface area contributed by atoms with E-state index in [0.29, 0.717) is 17.1 Å². The fourth-order valence-corrected chi connectivity index (χ4v) is 2.97. The topological polar surface area (TPSA) is 59.9 Å². The number of nitrogens with zero attached hydrogens (tertiary/aromatic N) is 1. The molecule has 0 radical (unpaired) electrons. The van der Waals surface area contributed by atoms with E-state index in [1.165, 1.54) is 0 Å². The molecular formula is C19H21IN2O3. The van der Waals surface area contributed by atoms with Crippen LogP contribution in [0.25, 0.3) is 0 Å². The standard InChI is InChI=1S/C19H21IN2O3/c1-12(2)25-18-16(20)9-14(10-17(18)24-4)11-21-22-19(23)15-8-6-5-7-13(15)3/h5-12H,1-4H3,(H,22,23)/b21-11-. The lowest BCUT2D eigenvalue weighted by Crippen LogP contribution is -2.18. The third kappa shape index (κ3) is 5.19.